The zero-order chi connectivity index (χ0) is 12.1. The van der Waals surface area contributed by atoms with Crippen LogP contribution in [0.1, 0.15) is 51.4 Å². The number of rotatable bonds is 5. The first-order valence-corrected chi connectivity index (χ1v) is 7.27. The minimum Gasteiger partial charge on any atom is -0.342 e. The maximum Gasteiger partial charge on any atom is 0.222 e. The Morgan fingerprint density at radius 3 is 2.59 bits per heavy atom. The third-order valence-electron chi connectivity index (χ3n) is 4.45. The standard InChI is InChI=1S/C14H26N2O/c15-10-13-8-9-16(11-13)14(17)7-3-6-12-4-1-2-5-12/h12-13H,1-11,15H2. The molecule has 2 N–H and O–H groups in total. The van der Waals surface area contributed by atoms with Gasteiger partial charge in [-0.2, -0.15) is 0 Å². The number of carbonyl (C=O) groups excluding carboxylic acids is 1. The molecule has 1 saturated heterocycles. The molecule has 1 amide bonds. The second kappa shape index (κ2) is 6.39. The van der Waals surface area contributed by atoms with E-state index in [0.717, 1.165) is 44.8 Å². The highest BCUT2D eigenvalue weighted by atomic mass is 16.2. The van der Waals surface area contributed by atoms with Crippen LogP contribution in [-0.2, 0) is 4.79 Å². The van der Waals surface area contributed by atoms with Crippen LogP contribution in [-0.4, -0.2) is 30.4 Å². The molecule has 98 valence electrons. The number of likely N-dealkylation sites (tertiary alicyclic amines) is 1. The predicted octanol–water partition coefficient (Wildman–Crippen LogP) is 2.15. The molecule has 17 heavy (non-hydrogen) atoms. The van der Waals surface area contributed by atoms with Gasteiger partial charge in [0, 0.05) is 19.5 Å². The van der Waals surface area contributed by atoms with Crippen molar-refractivity contribution < 1.29 is 4.79 Å². The van der Waals surface area contributed by atoms with E-state index in [1.807, 2.05) is 4.90 Å². The topological polar surface area (TPSA) is 46.3 Å². The molecule has 1 aliphatic carbocycles. The highest BCUT2D eigenvalue weighted by molar-refractivity contribution is 5.76. The van der Waals surface area contributed by atoms with Gasteiger partial charge in [-0.05, 0) is 37.6 Å². The number of amides is 1. The Morgan fingerprint density at radius 1 is 1.18 bits per heavy atom. The molecule has 0 aromatic heterocycles. The van der Waals surface area contributed by atoms with Crippen LogP contribution < -0.4 is 5.73 Å². The summed E-state index contributed by atoms with van der Waals surface area (Å²) in [5.41, 5.74) is 5.64. The summed E-state index contributed by atoms with van der Waals surface area (Å²) in [6, 6.07) is 0. The molecule has 1 unspecified atom stereocenters. The predicted molar refractivity (Wildman–Crippen MR) is 69.6 cm³/mol. The van der Waals surface area contributed by atoms with Crippen LogP contribution >= 0.6 is 0 Å². The molecular formula is C14H26N2O. The fourth-order valence-electron chi connectivity index (χ4n) is 3.25. The van der Waals surface area contributed by atoms with E-state index >= 15 is 0 Å². The van der Waals surface area contributed by atoms with E-state index in [9.17, 15) is 4.79 Å². The molecule has 0 spiro atoms. The lowest BCUT2D eigenvalue weighted by Gasteiger charge is -2.16. The molecule has 2 rings (SSSR count). The van der Waals surface area contributed by atoms with Crippen molar-refractivity contribution in [3.8, 4) is 0 Å². The van der Waals surface area contributed by atoms with Crippen molar-refractivity contribution >= 4 is 5.91 Å². The van der Waals surface area contributed by atoms with E-state index in [2.05, 4.69) is 0 Å². The van der Waals surface area contributed by atoms with E-state index in [1.54, 1.807) is 0 Å². The molecule has 0 aromatic rings. The van der Waals surface area contributed by atoms with E-state index in [4.69, 9.17) is 5.73 Å². The van der Waals surface area contributed by atoms with Crippen molar-refractivity contribution in [2.24, 2.45) is 17.6 Å². The summed E-state index contributed by atoms with van der Waals surface area (Å²) in [6.07, 6.45) is 9.82. The summed E-state index contributed by atoms with van der Waals surface area (Å²) in [5, 5.41) is 0. The largest absolute Gasteiger partial charge is 0.342 e. The Labute approximate surface area is 105 Å². The summed E-state index contributed by atoms with van der Waals surface area (Å²) >= 11 is 0. The van der Waals surface area contributed by atoms with Crippen molar-refractivity contribution in [2.75, 3.05) is 19.6 Å². The van der Waals surface area contributed by atoms with Crippen molar-refractivity contribution in [3.63, 3.8) is 0 Å². The minimum absolute atomic E-state index is 0.360. The Kier molecular flexibility index (Phi) is 4.84. The van der Waals surface area contributed by atoms with Crippen LogP contribution in [0.5, 0.6) is 0 Å². The second-order valence-electron chi connectivity index (χ2n) is 5.77. The van der Waals surface area contributed by atoms with Crippen molar-refractivity contribution in [1.82, 2.24) is 4.90 Å². The molecule has 2 aliphatic rings. The zero-order valence-corrected chi connectivity index (χ0v) is 10.9. The Bertz CT molecular complexity index is 249. The SMILES string of the molecule is NCC1CCN(C(=O)CCCC2CCCC2)C1. The number of carbonyl (C=O) groups is 1. The monoisotopic (exact) mass is 238 g/mol. The molecule has 1 atom stereocenters. The molecule has 0 aromatic carbocycles. The molecular weight excluding hydrogens is 212 g/mol. The Morgan fingerprint density at radius 2 is 1.94 bits per heavy atom. The molecule has 1 heterocycles. The zero-order valence-electron chi connectivity index (χ0n) is 10.9. The van der Waals surface area contributed by atoms with Gasteiger partial charge in [-0.25, -0.2) is 0 Å². The highest BCUT2D eigenvalue weighted by Crippen LogP contribution is 2.29. The third-order valence-corrected chi connectivity index (χ3v) is 4.45. The Balaban J connectivity index is 1.60. The molecule has 0 bridgehead atoms. The van der Waals surface area contributed by atoms with Crippen molar-refractivity contribution in [2.45, 2.75) is 51.4 Å². The first kappa shape index (κ1) is 12.9. The summed E-state index contributed by atoms with van der Waals surface area (Å²) in [6.45, 7) is 2.56. The van der Waals surface area contributed by atoms with Gasteiger partial charge in [0.2, 0.25) is 5.91 Å². The summed E-state index contributed by atoms with van der Waals surface area (Å²) in [5.74, 6) is 1.82. The lowest BCUT2D eigenvalue weighted by Crippen LogP contribution is -2.29. The van der Waals surface area contributed by atoms with Gasteiger partial charge in [0.15, 0.2) is 0 Å². The summed E-state index contributed by atoms with van der Waals surface area (Å²) in [4.78, 5) is 14.0. The molecule has 3 heteroatoms. The number of nitrogens with zero attached hydrogens (tertiary/aromatic N) is 1. The number of nitrogens with two attached hydrogens (primary N) is 1. The first-order chi connectivity index (χ1) is 8.29. The first-order valence-electron chi connectivity index (χ1n) is 7.27. The molecule has 3 nitrogen and oxygen atoms in total. The van der Waals surface area contributed by atoms with Crippen molar-refractivity contribution in [3.05, 3.63) is 0 Å². The normalized spacial score (nSPS) is 25.7. The number of hydrogen-bond acceptors (Lipinski definition) is 2. The van der Waals surface area contributed by atoms with Gasteiger partial charge in [-0.15, -0.1) is 0 Å². The lowest BCUT2D eigenvalue weighted by molar-refractivity contribution is -0.130. The highest BCUT2D eigenvalue weighted by Gasteiger charge is 2.25. The van der Waals surface area contributed by atoms with Crippen molar-refractivity contribution in [1.29, 1.82) is 0 Å². The van der Waals surface area contributed by atoms with Gasteiger partial charge >= 0.3 is 0 Å². The van der Waals surface area contributed by atoms with Gasteiger partial charge in [0.1, 0.15) is 0 Å². The van der Waals surface area contributed by atoms with E-state index in [1.165, 1.54) is 32.1 Å². The van der Waals surface area contributed by atoms with E-state index in [-0.39, 0.29) is 0 Å². The molecule has 1 saturated carbocycles. The van der Waals surface area contributed by atoms with Crippen LogP contribution in [0.25, 0.3) is 0 Å². The van der Waals surface area contributed by atoms with Crippen LogP contribution in [0.15, 0.2) is 0 Å². The maximum absolute atomic E-state index is 12.0. The minimum atomic E-state index is 0.360. The average molecular weight is 238 g/mol. The fourth-order valence-corrected chi connectivity index (χ4v) is 3.25. The Hall–Kier alpha value is -0.570. The smallest absolute Gasteiger partial charge is 0.222 e. The maximum atomic E-state index is 12.0. The molecule has 1 aliphatic heterocycles. The van der Waals surface area contributed by atoms with Gasteiger partial charge in [0.05, 0.1) is 0 Å². The number of hydrogen-bond donors (Lipinski definition) is 1. The molecule has 2 fully saturated rings. The van der Waals surface area contributed by atoms with Gasteiger partial charge in [-0.3, -0.25) is 4.79 Å². The van der Waals surface area contributed by atoms with Crippen LogP contribution in [0.3, 0.4) is 0 Å². The van der Waals surface area contributed by atoms with E-state index in [0.29, 0.717) is 11.8 Å². The van der Waals surface area contributed by atoms with Crippen LogP contribution in [0.2, 0.25) is 0 Å². The van der Waals surface area contributed by atoms with Gasteiger partial charge < -0.3 is 10.6 Å². The lowest BCUT2D eigenvalue weighted by atomic mass is 10.0. The quantitative estimate of drug-likeness (QED) is 0.797. The van der Waals surface area contributed by atoms with Crippen LogP contribution in [0.4, 0.5) is 0 Å². The molecule has 0 radical (unpaired) electrons. The van der Waals surface area contributed by atoms with Gasteiger partial charge in [0.25, 0.3) is 0 Å². The van der Waals surface area contributed by atoms with E-state index < -0.39 is 0 Å². The van der Waals surface area contributed by atoms with Crippen LogP contribution in [0, 0.1) is 11.8 Å². The average Bonchev–Trinajstić information content (AvgIpc) is 2.99. The fraction of sp³-hybridized carbons (Fsp3) is 0.929. The summed E-state index contributed by atoms with van der Waals surface area (Å²) in [7, 11) is 0. The summed E-state index contributed by atoms with van der Waals surface area (Å²) < 4.78 is 0. The van der Waals surface area contributed by atoms with Gasteiger partial charge in [-0.1, -0.05) is 25.7 Å². The second-order valence-corrected chi connectivity index (χ2v) is 5.77. The third kappa shape index (κ3) is 3.70.